The lowest BCUT2D eigenvalue weighted by atomic mass is 10.1. The molecule has 3 heterocycles. The second-order valence-electron chi connectivity index (χ2n) is 9.40. The summed E-state index contributed by atoms with van der Waals surface area (Å²) >= 11 is 0. The SMILES string of the molecule is COc1cc2cc(CN(Cc3nnnn3C(C)(C)C)CC3CCCO3)c(=O)[nH]c2cc1OC. The van der Waals surface area contributed by atoms with Gasteiger partial charge in [0.15, 0.2) is 17.3 Å². The van der Waals surface area contributed by atoms with Crippen LogP contribution in [0.4, 0.5) is 0 Å². The Bertz CT molecular complexity index is 1160. The average Bonchev–Trinajstić information content (AvgIpc) is 3.45. The van der Waals surface area contributed by atoms with E-state index in [-0.39, 0.29) is 17.2 Å². The molecule has 1 aliphatic heterocycles. The number of rotatable bonds is 8. The third-order valence-electron chi connectivity index (χ3n) is 5.84. The summed E-state index contributed by atoms with van der Waals surface area (Å²) in [4.78, 5) is 18.1. The molecule has 1 aliphatic rings. The first-order valence-corrected chi connectivity index (χ1v) is 11.2. The standard InChI is InChI=1S/C23H32N6O4/c1-23(2,3)29-21(25-26-27-29)14-28(13-17-7-6-8-33-17)12-16-9-15-10-19(31-4)20(32-5)11-18(15)24-22(16)30/h9-11,17H,6-8,12-14H2,1-5H3,(H,24,30). The number of benzene rings is 1. The van der Waals surface area contributed by atoms with Crippen LogP contribution in [0.3, 0.4) is 0 Å². The Morgan fingerprint density at radius 3 is 2.61 bits per heavy atom. The molecular formula is C23H32N6O4. The second-order valence-corrected chi connectivity index (χ2v) is 9.40. The molecule has 1 fully saturated rings. The van der Waals surface area contributed by atoms with Gasteiger partial charge in [0.05, 0.1) is 37.9 Å². The highest BCUT2D eigenvalue weighted by atomic mass is 16.5. The van der Waals surface area contributed by atoms with Gasteiger partial charge in [0.2, 0.25) is 0 Å². The van der Waals surface area contributed by atoms with E-state index in [2.05, 4.69) is 46.2 Å². The molecule has 178 valence electrons. The van der Waals surface area contributed by atoms with Crippen molar-refractivity contribution in [1.82, 2.24) is 30.1 Å². The molecule has 0 saturated carbocycles. The van der Waals surface area contributed by atoms with Crippen LogP contribution in [0.25, 0.3) is 10.9 Å². The summed E-state index contributed by atoms with van der Waals surface area (Å²) in [5.74, 6) is 1.94. The van der Waals surface area contributed by atoms with E-state index in [9.17, 15) is 4.79 Å². The van der Waals surface area contributed by atoms with Gasteiger partial charge in [0.1, 0.15) is 0 Å². The lowest BCUT2D eigenvalue weighted by Crippen LogP contribution is -2.35. The van der Waals surface area contributed by atoms with Crippen molar-refractivity contribution in [2.45, 2.75) is 58.3 Å². The average molecular weight is 457 g/mol. The van der Waals surface area contributed by atoms with Crippen LogP contribution >= 0.6 is 0 Å². The number of tetrazole rings is 1. The minimum Gasteiger partial charge on any atom is -0.493 e. The highest BCUT2D eigenvalue weighted by Crippen LogP contribution is 2.31. The van der Waals surface area contributed by atoms with Crippen molar-refractivity contribution in [2.75, 3.05) is 27.4 Å². The van der Waals surface area contributed by atoms with Gasteiger partial charge in [-0.3, -0.25) is 9.69 Å². The third-order valence-corrected chi connectivity index (χ3v) is 5.84. The molecule has 10 nitrogen and oxygen atoms in total. The Kier molecular flexibility index (Phi) is 6.66. The Labute approximate surface area is 192 Å². The summed E-state index contributed by atoms with van der Waals surface area (Å²) in [5, 5.41) is 13.2. The topological polar surface area (TPSA) is 107 Å². The molecule has 4 rings (SSSR count). The van der Waals surface area contributed by atoms with E-state index in [1.54, 1.807) is 20.3 Å². The van der Waals surface area contributed by atoms with Crippen LogP contribution in [0.1, 0.15) is 45.0 Å². The number of hydrogen-bond acceptors (Lipinski definition) is 8. The van der Waals surface area contributed by atoms with E-state index in [0.29, 0.717) is 42.2 Å². The van der Waals surface area contributed by atoms with Crippen LogP contribution in [-0.4, -0.2) is 63.6 Å². The van der Waals surface area contributed by atoms with Crippen molar-refractivity contribution in [3.63, 3.8) is 0 Å². The molecule has 1 atom stereocenters. The van der Waals surface area contributed by atoms with Crippen molar-refractivity contribution in [1.29, 1.82) is 0 Å². The van der Waals surface area contributed by atoms with Crippen molar-refractivity contribution >= 4 is 10.9 Å². The minimum atomic E-state index is -0.246. The predicted molar refractivity (Wildman–Crippen MR) is 124 cm³/mol. The van der Waals surface area contributed by atoms with Gasteiger partial charge in [-0.1, -0.05) is 0 Å². The number of nitrogens with zero attached hydrogens (tertiary/aromatic N) is 5. The van der Waals surface area contributed by atoms with Gasteiger partial charge in [-0.05, 0) is 56.2 Å². The van der Waals surface area contributed by atoms with Crippen molar-refractivity contribution in [3.05, 3.63) is 39.9 Å². The summed E-state index contributed by atoms with van der Waals surface area (Å²) in [6.07, 6.45) is 2.19. The molecular weight excluding hydrogens is 424 g/mol. The number of aromatic nitrogens is 5. The predicted octanol–water partition coefficient (Wildman–Crippen LogP) is 2.47. The second kappa shape index (κ2) is 9.48. The summed E-state index contributed by atoms with van der Waals surface area (Å²) in [6, 6.07) is 5.56. The van der Waals surface area contributed by atoms with E-state index in [0.717, 1.165) is 30.7 Å². The van der Waals surface area contributed by atoms with Crippen LogP contribution < -0.4 is 15.0 Å². The van der Waals surface area contributed by atoms with Crippen molar-refractivity contribution in [2.24, 2.45) is 0 Å². The largest absolute Gasteiger partial charge is 0.493 e. The summed E-state index contributed by atoms with van der Waals surface area (Å²) in [7, 11) is 3.17. The number of ether oxygens (including phenoxy) is 3. The maximum atomic E-state index is 13.0. The monoisotopic (exact) mass is 456 g/mol. The molecule has 3 aromatic rings. The zero-order valence-electron chi connectivity index (χ0n) is 19.9. The first-order chi connectivity index (χ1) is 15.8. The fraction of sp³-hybridized carbons (Fsp3) is 0.565. The van der Waals surface area contributed by atoms with E-state index >= 15 is 0 Å². The van der Waals surface area contributed by atoms with E-state index in [4.69, 9.17) is 14.2 Å². The molecule has 0 bridgehead atoms. The van der Waals surface area contributed by atoms with Crippen LogP contribution in [-0.2, 0) is 23.4 Å². The highest BCUT2D eigenvalue weighted by molar-refractivity contribution is 5.83. The number of methoxy groups -OCH3 is 2. The first kappa shape index (κ1) is 23.2. The molecule has 1 N–H and O–H groups in total. The molecule has 1 aromatic carbocycles. The van der Waals surface area contributed by atoms with Gasteiger partial charge in [0.25, 0.3) is 5.56 Å². The Morgan fingerprint density at radius 2 is 1.94 bits per heavy atom. The van der Waals surface area contributed by atoms with Gasteiger partial charge in [-0.15, -0.1) is 5.10 Å². The van der Waals surface area contributed by atoms with Gasteiger partial charge >= 0.3 is 0 Å². The van der Waals surface area contributed by atoms with Gasteiger partial charge in [-0.25, -0.2) is 4.68 Å². The molecule has 0 amide bonds. The molecule has 1 unspecified atom stereocenters. The number of H-pyrrole nitrogens is 1. The molecule has 33 heavy (non-hydrogen) atoms. The number of hydrogen-bond donors (Lipinski definition) is 1. The van der Waals surface area contributed by atoms with E-state index in [1.165, 1.54) is 0 Å². The van der Waals surface area contributed by atoms with Crippen LogP contribution in [0.5, 0.6) is 11.5 Å². The highest BCUT2D eigenvalue weighted by Gasteiger charge is 2.25. The zero-order valence-corrected chi connectivity index (χ0v) is 19.9. The minimum absolute atomic E-state index is 0.132. The number of nitrogens with one attached hydrogen (secondary N) is 1. The number of fused-ring (bicyclic) bond motifs is 1. The van der Waals surface area contributed by atoms with Gasteiger partial charge in [-0.2, -0.15) is 0 Å². The van der Waals surface area contributed by atoms with Gasteiger partial charge in [0, 0.05) is 36.7 Å². The zero-order chi connectivity index (χ0) is 23.6. The van der Waals surface area contributed by atoms with Gasteiger partial charge < -0.3 is 19.2 Å². The third kappa shape index (κ3) is 5.17. The first-order valence-electron chi connectivity index (χ1n) is 11.2. The molecule has 10 heteroatoms. The Hall–Kier alpha value is -2.98. The van der Waals surface area contributed by atoms with Crippen molar-refractivity contribution in [3.8, 4) is 11.5 Å². The molecule has 0 spiro atoms. The molecule has 1 saturated heterocycles. The Morgan fingerprint density at radius 1 is 1.18 bits per heavy atom. The quantitative estimate of drug-likeness (QED) is 0.551. The lowest BCUT2D eigenvalue weighted by Gasteiger charge is -2.26. The maximum Gasteiger partial charge on any atom is 0.252 e. The summed E-state index contributed by atoms with van der Waals surface area (Å²) in [6.45, 7) is 8.60. The molecule has 0 aliphatic carbocycles. The maximum absolute atomic E-state index is 13.0. The molecule has 0 radical (unpaired) electrons. The van der Waals surface area contributed by atoms with E-state index in [1.807, 2.05) is 16.8 Å². The van der Waals surface area contributed by atoms with E-state index < -0.39 is 0 Å². The number of aromatic amines is 1. The Balaban J connectivity index is 1.65. The van der Waals surface area contributed by atoms with Crippen LogP contribution in [0.2, 0.25) is 0 Å². The lowest BCUT2D eigenvalue weighted by molar-refractivity contribution is 0.0657. The number of pyridine rings is 1. The normalized spacial score (nSPS) is 16.6. The van der Waals surface area contributed by atoms with Crippen molar-refractivity contribution < 1.29 is 14.2 Å². The summed E-state index contributed by atoms with van der Waals surface area (Å²) in [5.41, 5.74) is 0.971. The fourth-order valence-corrected chi connectivity index (χ4v) is 4.22. The fourth-order valence-electron chi connectivity index (χ4n) is 4.22. The van der Waals surface area contributed by atoms with Crippen LogP contribution in [0.15, 0.2) is 23.0 Å². The smallest absolute Gasteiger partial charge is 0.252 e. The molecule has 2 aromatic heterocycles. The summed E-state index contributed by atoms with van der Waals surface area (Å²) < 4.78 is 18.5. The van der Waals surface area contributed by atoms with Crippen LogP contribution in [0, 0.1) is 0 Å².